The van der Waals surface area contributed by atoms with Gasteiger partial charge >= 0.3 is 5.97 Å². The maximum Gasteiger partial charge on any atom is 0.343 e. The standard InChI is InChI=1S/C14H14ClN3O3/c1-3-21-14(20)11-8-16-18(2)12(11)17-13(19)9-5-4-6-10(15)7-9/h4-8H,3H2,1-2H3,(H,17,19). The van der Waals surface area contributed by atoms with Crippen molar-refractivity contribution in [3.8, 4) is 0 Å². The molecule has 1 N–H and O–H groups in total. The summed E-state index contributed by atoms with van der Waals surface area (Å²) in [6, 6.07) is 6.51. The molecule has 0 bridgehead atoms. The maximum atomic E-state index is 12.2. The fraction of sp³-hybridized carbons (Fsp3) is 0.214. The molecule has 0 radical (unpaired) electrons. The van der Waals surface area contributed by atoms with Gasteiger partial charge in [0.1, 0.15) is 11.4 Å². The van der Waals surface area contributed by atoms with E-state index in [1.54, 1.807) is 32.2 Å². The number of aryl methyl sites for hydroxylation is 1. The van der Waals surface area contributed by atoms with E-state index in [9.17, 15) is 9.59 Å². The molecule has 0 unspecified atom stereocenters. The van der Waals surface area contributed by atoms with Gasteiger partial charge in [-0.25, -0.2) is 4.79 Å². The van der Waals surface area contributed by atoms with Gasteiger partial charge in [0.2, 0.25) is 0 Å². The number of hydrogen-bond donors (Lipinski definition) is 1. The molecule has 21 heavy (non-hydrogen) atoms. The smallest absolute Gasteiger partial charge is 0.343 e. The average Bonchev–Trinajstić information content (AvgIpc) is 2.80. The molecule has 110 valence electrons. The van der Waals surface area contributed by atoms with Gasteiger partial charge in [0, 0.05) is 17.6 Å². The molecule has 2 aromatic rings. The molecular formula is C14H14ClN3O3. The molecular weight excluding hydrogens is 294 g/mol. The third-order valence-corrected chi connectivity index (χ3v) is 2.99. The van der Waals surface area contributed by atoms with E-state index in [0.29, 0.717) is 10.6 Å². The highest BCUT2D eigenvalue weighted by Crippen LogP contribution is 2.18. The number of ether oxygens (including phenoxy) is 1. The number of hydrogen-bond acceptors (Lipinski definition) is 4. The SMILES string of the molecule is CCOC(=O)c1cnn(C)c1NC(=O)c1cccc(Cl)c1. The number of aromatic nitrogens is 2. The number of nitrogens with one attached hydrogen (secondary N) is 1. The lowest BCUT2D eigenvalue weighted by Gasteiger charge is -2.08. The minimum atomic E-state index is -0.535. The van der Waals surface area contributed by atoms with E-state index in [1.165, 1.54) is 16.9 Å². The van der Waals surface area contributed by atoms with Gasteiger partial charge in [0.25, 0.3) is 5.91 Å². The zero-order chi connectivity index (χ0) is 15.4. The van der Waals surface area contributed by atoms with Gasteiger partial charge in [-0.15, -0.1) is 0 Å². The quantitative estimate of drug-likeness (QED) is 0.881. The number of esters is 1. The van der Waals surface area contributed by atoms with Crippen molar-refractivity contribution in [3.63, 3.8) is 0 Å². The summed E-state index contributed by atoms with van der Waals surface area (Å²) in [6.07, 6.45) is 1.35. The van der Waals surface area contributed by atoms with Crippen LogP contribution in [-0.4, -0.2) is 28.3 Å². The Morgan fingerprint density at radius 1 is 1.43 bits per heavy atom. The van der Waals surface area contributed by atoms with Crippen LogP contribution in [0.2, 0.25) is 5.02 Å². The molecule has 0 spiro atoms. The van der Waals surface area contributed by atoms with Crippen LogP contribution in [0.4, 0.5) is 5.82 Å². The third-order valence-electron chi connectivity index (χ3n) is 2.75. The number of anilines is 1. The van der Waals surface area contributed by atoms with E-state index >= 15 is 0 Å². The fourth-order valence-electron chi connectivity index (χ4n) is 1.75. The predicted molar refractivity (Wildman–Crippen MR) is 78.6 cm³/mol. The number of nitrogens with zero attached hydrogens (tertiary/aromatic N) is 2. The minimum Gasteiger partial charge on any atom is -0.462 e. The molecule has 6 nitrogen and oxygen atoms in total. The Balaban J connectivity index is 2.25. The Bertz CT molecular complexity index is 682. The van der Waals surface area contributed by atoms with Crippen molar-refractivity contribution in [2.45, 2.75) is 6.92 Å². The first-order valence-electron chi connectivity index (χ1n) is 6.29. The zero-order valence-electron chi connectivity index (χ0n) is 11.6. The van der Waals surface area contributed by atoms with Crippen LogP contribution in [0.3, 0.4) is 0 Å². The second-order valence-corrected chi connectivity index (χ2v) is 4.65. The first-order valence-corrected chi connectivity index (χ1v) is 6.66. The molecule has 1 aromatic heterocycles. The fourth-order valence-corrected chi connectivity index (χ4v) is 1.94. The van der Waals surface area contributed by atoms with Crippen LogP contribution in [0, 0.1) is 0 Å². The molecule has 1 heterocycles. The van der Waals surface area contributed by atoms with Crippen molar-refractivity contribution < 1.29 is 14.3 Å². The number of carbonyl (C=O) groups excluding carboxylic acids is 2. The largest absolute Gasteiger partial charge is 0.462 e. The zero-order valence-corrected chi connectivity index (χ0v) is 12.3. The Hall–Kier alpha value is -2.34. The number of amides is 1. The van der Waals surface area contributed by atoms with Gasteiger partial charge in [-0.05, 0) is 25.1 Å². The van der Waals surface area contributed by atoms with Crippen LogP contribution in [-0.2, 0) is 11.8 Å². The average molecular weight is 308 g/mol. The van der Waals surface area contributed by atoms with Gasteiger partial charge in [-0.1, -0.05) is 17.7 Å². The Labute approximate surface area is 126 Å². The molecule has 0 aliphatic carbocycles. The van der Waals surface area contributed by atoms with Crippen molar-refractivity contribution in [1.82, 2.24) is 9.78 Å². The van der Waals surface area contributed by atoms with Crippen molar-refractivity contribution in [2.24, 2.45) is 7.05 Å². The molecule has 0 aliphatic rings. The molecule has 0 saturated carbocycles. The van der Waals surface area contributed by atoms with Crippen LogP contribution in [0.5, 0.6) is 0 Å². The van der Waals surface area contributed by atoms with Gasteiger partial charge in [-0.3, -0.25) is 9.48 Å². The monoisotopic (exact) mass is 307 g/mol. The summed E-state index contributed by atoms with van der Waals surface area (Å²) >= 11 is 5.85. The summed E-state index contributed by atoms with van der Waals surface area (Å²) in [4.78, 5) is 24.0. The molecule has 1 aromatic carbocycles. The van der Waals surface area contributed by atoms with E-state index in [0.717, 1.165) is 0 Å². The van der Waals surface area contributed by atoms with Gasteiger partial charge in [0.05, 0.1) is 12.8 Å². The molecule has 0 saturated heterocycles. The Morgan fingerprint density at radius 2 is 2.19 bits per heavy atom. The molecule has 0 aliphatic heterocycles. The number of rotatable bonds is 4. The van der Waals surface area contributed by atoms with Gasteiger partial charge in [0.15, 0.2) is 0 Å². The lowest BCUT2D eigenvalue weighted by molar-refractivity contribution is 0.0527. The van der Waals surface area contributed by atoms with E-state index < -0.39 is 5.97 Å². The predicted octanol–water partition coefficient (Wildman–Crippen LogP) is 2.50. The Kier molecular flexibility index (Phi) is 4.59. The van der Waals surface area contributed by atoms with E-state index in [2.05, 4.69) is 10.4 Å². The summed E-state index contributed by atoms with van der Waals surface area (Å²) in [5.74, 6) is -0.642. The normalized spacial score (nSPS) is 10.2. The van der Waals surface area contributed by atoms with Crippen LogP contribution in [0.1, 0.15) is 27.6 Å². The molecule has 2 rings (SSSR count). The Morgan fingerprint density at radius 3 is 2.86 bits per heavy atom. The summed E-state index contributed by atoms with van der Waals surface area (Å²) in [5, 5.41) is 7.06. The van der Waals surface area contributed by atoms with Crippen molar-refractivity contribution >= 4 is 29.3 Å². The van der Waals surface area contributed by atoms with Gasteiger partial charge < -0.3 is 10.1 Å². The number of benzene rings is 1. The molecule has 7 heteroatoms. The van der Waals surface area contributed by atoms with E-state index in [-0.39, 0.29) is 23.9 Å². The highest BCUT2D eigenvalue weighted by Gasteiger charge is 2.19. The van der Waals surface area contributed by atoms with E-state index in [1.807, 2.05) is 0 Å². The van der Waals surface area contributed by atoms with E-state index in [4.69, 9.17) is 16.3 Å². The molecule has 0 atom stereocenters. The third kappa shape index (κ3) is 3.41. The number of carbonyl (C=O) groups is 2. The summed E-state index contributed by atoms with van der Waals surface area (Å²) in [6.45, 7) is 1.95. The topological polar surface area (TPSA) is 73.2 Å². The summed E-state index contributed by atoms with van der Waals surface area (Å²) in [7, 11) is 1.62. The molecule has 0 fully saturated rings. The minimum absolute atomic E-state index is 0.203. The highest BCUT2D eigenvalue weighted by molar-refractivity contribution is 6.31. The van der Waals surface area contributed by atoms with Crippen LogP contribution < -0.4 is 5.32 Å². The van der Waals surface area contributed by atoms with Crippen LogP contribution in [0.25, 0.3) is 0 Å². The van der Waals surface area contributed by atoms with Crippen LogP contribution >= 0.6 is 11.6 Å². The highest BCUT2D eigenvalue weighted by atomic mass is 35.5. The van der Waals surface area contributed by atoms with Crippen molar-refractivity contribution in [2.75, 3.05) is 11.9 Å². The first-order chi connectivity index (χ1) is 10.0. The lowest BCUT2D eigenvalue weighted by Crippen LogP contribution is -2.17. The first kappa shape index (κ1) is 15.1. The summed E-state index contributed by atoms with van der Waals surface area (Å²) < 4.78 is 6.32. The second-order valence-electron chi connectivity index (χ2n) is 4.22. The van der Waals surface area contributed by atoms with Gasteiger partial charge in [-0.2, -0.15) is 5.10 Å². The summed E-state index contributed by atoms with van der Waals surface area (Å²) in [5.41, 5.74) is 0.591. The molecule has 1 amide bonds. The second kappa shape index (κ2) is 6.41. The van der Waals surface area contributed by atoms with Crippen LogP contribution in [0.15, 0.2) is 30.5 Å². The van der Waals surface area contributed by atoms with Crippen molar-refractivity contribution in [3.05, 3.63) is 46.6 Å². The lowest BCUT2D eigenvalue weighted by atomic mass is 10.2. The van der Waals surface area contributed by atoms with Crippen molar-refractivity contribution in [1.29, 1.82) is 0 Å². The maximum absolute atomic E-state index is 12.2. The number of halogens is 1.